The van der Waals surface area contributed by atoms with E-state index in [2.05, 4.69) is 9.82 Å². The Bertz CT molecular complexity index is 604. The Morgan fingerprint density at radius 2 is 2.00 bits per heavy atom. The van der Waals surface area contributed by atoms with Crippen LogP contribution >= 0.6 is 0 Å². The second-order valence-electron chi connectivity index (χ2n) is 4.16. The summed E-state index contributed by atoms with van der Waals surface area (Å²) in [6, 6.07) is 8.74. The van der Waals surface area contributed by atoms with Crippen LogP contribution in [-0.4, -0.2) is 24.7 Å². The van der Waals surface area contributed by atoms with Gasteiger partial charge in [-0.25, -0.2) is 13.1 Å². The fourth-order valence-corrected chi connectivity index (χ4v) is 2.74. The van der Waals surface area contributed by atoms with Gasteiger partial charge in [0, 0.05) is 18.9 Å². The summed E-state index contributed by atoms with van der Waals surface area (Å²) in [7, 11) is -3.43. The smallest absolute Gasteiger partial charge is 0.240 e. The topological polar surface area (TPSA) is 64.0 Å². The normalized spacial score (nSPS) is 11.6. The van der Waals surface area contributed by atoms with Crippen LogP contribution in [0.15, 0.2) is 47.6 Å². The Kier molecular flexibility index (Phi) is 4.34. The molecule has 5 nitrogen and oxygen atoms in total. The summed E-state index contributed by atoms with van der Waals surface area (Å²) < 4.78 is 28.3. The maximum absolute atomic E-state index is 12.0. The predicted molar refractivity (Wildman–Crippen MR) is 73.2 cm³/mol. The van der Waals surface area contributed by atoms with Crippen LogP contribution < -0.4 is 4.72 Å². The van der Waals surface area contributed by atoms with Crippen LogP contribution in [0.25, 0.3) is 0 Å². The van der Waals surface area contributed by atoms with E-state index in [9.17, 15) is 8.42 Å². The summed E-state index contributed by atoms with van der Waals surface area (Å²) in [6.07, 6.45) is 4.36. The highest BCUT2D eigenvalue weighted by atomic mass is 32.2. The van der Waals surface area contributed by atoms with Crippen molar-refractivity contribution in [2.45, 2.75) is 24.8 Å². The molecule has 0 atom stereocenters. The lowest BCUT2D eigenvalue weighted by atomic mass is 10.2. The number of sulfonamides is 1. The standard InChI is InChI=1S/C13H17N3O2S/c1-2-12-4-6-13(7-5-12)19(17,18)15-9-11-16-10-3-8-14-16/h3-8,10,15H,2,9,11H2,1H3. The van der Waals surface area contributed by atoms with Crippen LogP contribution in [0.4, 0.5) is 0 Å². The predicted octanol–water partition coefficient (Wildman–Crippen LogP) is 1.42. The molecule has 1 aromatic heterocycles. The fraction of sp³-hybridized carbons (Fsp3) is 0.308. The lowest BCUT2D eigenvalue weighted by Gasteiger charge is -2.07. The minimum absolute atomic E-state index is 0.296. The Labute approximate surface area is 113 Å². The first-order valence-electron chi connectivity index (χ1n) is 6.18. The molecular formula is C13H17N3O2S. The maximum Gasteiger partial charge on any atom is 0.240 e. The average Bonchev–Trinajstić information content (AvgIpc) is 2.92. The third-order valence-corrected chi connectivity index (χ3v) is 4.31. The van der Waals surface area contributed by atoms with E-state index in [0.717, 1.165) is 12.0 Å². The fourth-order valence-electron chi connectivity index (χ4n) is 1.71. The number of nitrogens with one attached hydrogen (secondary N) is 1. The van der Waals surface area contributed by atoms with Crippen molar-refractivity contribution in [1.82, 2.24) is 14.5 Å². The number of rotatable bonds is 6. The van der Waals surface area contributed by atoms with Crippen LogP contribution in [0.5, 0.6) is 0 Å². The number of nitrogens with zero attached hydrogens (tertiary/aromatic N) is 2. The molecule has 6 heteroatoms. The summed E-state index contributed by atoms with van der Waals surface area (Å²) in [5, 5.41) is 4.01. The maximum atomic E-state index is 12.0. The summed E-state index contributed by atoms with van der Waals surface area (Å²) in [6.45, 7) is 2.87. The number of aromatic nitrogens is 2. The van der Waals surface area contributed by atoms with E-state index in [1.165, 1.54) is 0 Å². The summed E-state index contributed by atoms with van der Waals surface area (Å²) in [5.41, 5.74) is 1.12. The minimum Gasteiger partial charge on any atom is -0.271 e. The second-order valence-corrected chi connectivity index (χ2v) is 5.93. The van der Waals surface area contributed by atoms with Gasteiger partial charge in [-0.3, -0.25) is 4.68 Å². The molecule has 2 aromatic rings. The molecule has 1 heterocycles. The van der Waals surface area contributed by atoms with Gasteiger partial charge < -0.3 is 0 Å². The second kappa shape index (κ2) is 5.99. The molecular weight excluding hydrogens is 262 g/mol. The monoisotopic (exact) mass is 279 g/mol. The van der Waals surface area contributed by atoms with Crippen LogP contribution in [0, 0.1) is 0 Å². The van der Waals surface area contributed by atoms with Crippen LogP contribution in [-0.2, 0) is 23.0 Å². The number of aryl methyl sites for hydroxylation is 1. The lowest BCUT2D eigenvalue weighted by molar-refractivity contribution is 0.561. The molecule has 0 aliphatic heterocycles. The van der Waals surface area contributed by atoms with Crippen molar-refractivity contribution in [3.05, 3.63) is 48.3 Å². The van der Waals surface area contributed by atoms with Gasteiger partial charge in [-0.1, -0.05) is 19.1 Å². The average molecular weight is 279 g/mol. The van der Waals surface area contributed by atoms with E-state index in [4.69, 9.17) is 0 Å². The molecule has 0 aliphatic carbocycles. The first kappa shape index (κ1) is 13.8. The lowest BCUT2D eigenvalue weighted by Crippen LogP contribution is -2.27. The van der Waals surface area contributed by atoms with Crippen molar-refractivity contribution < 1.29 is 8.42 Å². The Morgan fingerprint density at radius 1 is 1.26 bits per heavy atom. The van der Waals surface area contributed by atoms with Crippen LogP contribution in [0.1, 0.15) is 12.5 Å². The van der Waals surface area contributed by atoms with E-state index in [1.54, 1.807) is 35.3 Å². The molecule has 102 valence electrons. The van der Waals surface area contributed by atoms with Crippen molar-refractivity contribution in [1.29, 1.82) is 0 Å². The minimum atomic E-state index is -3.43. The van der Waals surface area contributed by atoms with Gasteiger partial charge in [-0.15, -0.1) is 0 Å². The van der Waals surface area contributed by atoms with Crippen molar-refractivity contribution in [3.63, 3.8) is 0 Å². The molecule has 0 unspecified atom stereocenters. The number of benzene rings is 1. The molecule has 2 rings (SSSR count). The van der Waals surface area contributed by atoms with Gasteiger partial charge in [-0.2, -0.15) is 5.10 Å². The Hall–Kier alpha value is -1.66. The highest BCUT2D eigenvalue weighted by molar-refractivity contribution is 7.89. The Morgan fingerprint density at radius 3 is 2.58 bits per heavy atom. The van der Waals surface area contributed by atoms with Gasteiger partial charge in [0.2, 0.25) is 10.0 Å². The first-order chi connectivity index (χ1) is 9.12. The van der Waals surface area contributed by atoms with Crippen molar-refractivity contribution >= 4 is 10.0 Å². The molecule has 0 bridgehead atoms. The largest absolute Gasteiger partial charge is 0.271 e. The van der Waals surface area contributed by atoms with E-state index in [-0.39, 0.29) is 0 Å². The number of hydrogen-bond acceptors (Lipinski definition) is 3. The zero-order valence-electron chi connectivity index (χ0n) is 10.8. The zero-order chi connectivity index (χ0) is 13.7. The van der Waals surface area contributed by atoms with Gasteiger partial charge in [0.1, 0.15) is 0 Å². The van der Waals surface area contributed by atoms with Crippen molar-refractivity contribution in [3.8, 4) is 0 Å². The van der Waals surface area contributed by atoms with Crippen molar-refractivity contribution in [2.24, 2.45) is 0 Å². The molecule has 0 amide bonds. The van der Waals surface area contributed by atoms with Gasteiger partial charge in [-0.05, 0) is 30.2 Å². The highest BCUT2D eigenvalue weighted by Crippen LogP contribution is 2.10. The summed E-state index contributed by atoms with van der Waals surface area (Å²) in [4.78, 5) is 0.296. The Balaban J connectivity index is 1.97. The molecule has 0 saturated carbocycles. The van der Waals surface area contributed by atoms with Crippen molar-refractivity contribution in [2.75, 3.05) is 6.54 Å². The molecule has 0 radical (unpaired) electrons. The van der Waals surface area contributed by atoms with Gasteiger partial charge in [0.15, 0.2) is 0 Å². The van der Waals surface area contributed by atoms with E-state index < -0.39 is 10.0 Å². The van der Waals surface area contributed by atoms with E-state index in [1.807, 2.05) is 19.1 Å². The highest BCUT2D eigenvalue weighted by Gasteiger charge is 2.12. The van der Waals surface area contributed by atoms with E-state index >= 15 is 0 Å². The number of hydrogen-bond donors (Lipinski definition) is 1. The van der Waals surface area contributed by atoms with Crippen LogP contribution in [0.3, 0.4) is 0 Å². The molecule has 1 aromatic carbocycles. The van der Waals surface area contributed by atoms with Crippen LogP contribution in [0.2, 0.25) is 0 Å². The zero-order valence-corrected chi connectivity index (χ0v) is 11.6. The molecule has 0 fully saturated rings. The summed E-state index contributed by atoms with van der Waals surface area (Å²) >= 11 is 0. The van der Waals surface area contributed by atoms with E-state index in [0.29, 0.717) is 18.0 Å². The molecule has 0 spiro atoms. The van der Waals surface area contributed by atoms with Gasteiger partial charge in [0.05, 0.1) is 11.4 Å². The molecule has 19 heavy (non-hydrogen) atoms. The summed E-state index contributed by atoms with van der Waals surface area (Å²) in [5.74, 6) is 0. The molecule has 1 N–H and O–H groups in total. The third-order valence-electron chi connectivity index (χ3n) is 2.83. The van der Waals surface area contributed by atoms with Gasteiger partial charge >= 0.3 is 0 Å². The van der Waals surface area contributed by atoms with Gasteiger partial charge in [0.25, 0.3) is 0 Å². The quantitative estimate of drug-likeness (QED) is 0.870. The molecule has 0 aliphatic rings. The first-order valence-corrected chi connectivity index (χ1v) is 7.66. The SMILES string of the molecule is CCc1ccc(S(=O)(=O)NCCn2cccn2)cc1. The molecule has 0 saturated heterocycles. The third kappa shape index (κ3) is 3.65.